The Morgan fingerprint density at radius 3 is 2.51 bits per heavy atom. The molecule has 1 saturated heterocycles. The zero-order chi connectivity index (χ0) is 34.5. The van der Waals surface area contributed by atoms with E-state index in [9.17, 15) is 19.2 Å². The Kier molecular flexibility index (Phi) is 11.6. The van der Waals surface area contributed by atoms with E-state index in [-0.39, 0.29) is 18.4 Å². The summed E-state index contributed by atoms with van der Waals surface area (Å²) >= 11 is 0. The molecule has 1 fully saturated rings. The summed E-state index contributed by atoms with van der Waals surface area (Å²) in [6, 6.07) is 8.03. The largest absolute Gasteiger partial charge is 0.455 e. The number of amides is 3. The van der Waals surface area contributed by atoms with Crippen molar-refractivity contribution in [2.24, 2.45) is 11.3 Å². The van der Waals surface area contributed by atoms with Gasteiger partial charge in [-0.1, -0.05) is 63.8 Å². The number of ether oxygens (including phenoxy) is 2. The number of hydrazine groups is 1. The molecule has 5 atom stereocenters. The maximum absolute atomic E-state index is 14.0. The molecule has 3 N–H and O–H groups in total. The van der Waals surface area contributed by atoms with Crippen LogP contribution in [0.3, 0.4) is 0 Å². The summed E-state index contributed by atoms with van der Waals surface area (Å²) in [6.45, 7) is 16.7. The first-order valence-electron chi connectivity index (χ1n) is 16.6. The molecule has 5 unspecified atom stereocenters. The highest BCUT2D eigenvalue weighted by Gasteiger charge is 2.37. The van der Waals surface area contributed by atoms with E-state index >= 15 is 0 Å². The van der Waals surface area contributed by atoms with Gasteiger partial charge in [0.2, 0.25) is 11.8 Å². The van der Waals surface area contributed by atoms with Gasteiger partial charge in [-0.25, -0.2) is 10.4 Å². The normalized spacial score (nSPS) is 26.7. The summed E-state index contributed by atoms with van der Waals surface area (Å²) in [6.07, 6.45) is 4.14. The minimum absolute atomic E-state index is 0.127. The second-order valence-corrected chi connectivity index (χ2v) is 20.2. The minimum atomic E-state index is -1.36. The summed E-state index contributed by atoms with van der Waals surface area (Å²) < 4.78 is 11.9. The van der Waals surface area contributed by atoms with E-state index in [1.54, 1.807) is 20.8 Å². The number of fused-ring (bicyclic) bond motifs is 4. The Bertz CT molecular complexity index is 1510. The average Bonchev–Trinajstić information content (AvgIpc) is 3.02. The lowest BCUT2D eigenvalue weighted by atomic mass is 9.88. The second kappa shape index (κ2) is 15.1. The zero-order valence-electron chi connectivity index (χ0n) is 29.0. The van der Waals surface area contributed by atoms with Crippen LogP contribution in [0.15, 0.2) is 36.4 Å². The number of carbonyl (C=O) groups is 4. The molecule has 47 heavy (non-hydrogen) atoms. The molecule has 12 heteroatoms. The van der Waals surface area contributed by atoms with Crippen molar-refractivity contribution in [2.75, 3.05) is 19.8 Å². The smallest absolute Gasteiger partial charge is 0.325 e. The number of pyridine rings is 1. The molecule has 2 aliphatic heterocycles. The van der Waals surface area contributed by atoms with E-state index < -0.39 is 55.5 Å². The van der Waals surface area contributed by atoms with Gasteiger partial charge >= 0.3 is 5.97 Å². The lowest BCUT2D eigenvalue weighted by Gasteiger charge is -2.35. The Balaban J connectivity index is 1.72. The molecule has 1 aromatic carbocycles. The summed E-state index contributed by atoms with van der Waals surface area (Å²) in [5, 5.41) is 8.03. The first-order valence-corrected chi connectivity index (χ1v) is 20.3. The number of carbonyl (C=O) groups excluding carboxylic acids is 4. The molecule has 0 aliphatic carbocycles. The molecule has 5 bridgehead atoms. The third kappa shape index (κ3) is 9.48. The molecule has 4 rings (SSSR count). The molecule has 11 nitrogen and oxygen atoms in total. The Morgan fingerprint density at radius 2 is 1.81 bits per heavy atom. The molecule has 3 heterocycles. The van der Waals surface area contributed by atoms with E-state index in [4.69, 9.17) is 14.5 Å². The lowest BCUT2D eigenvalue weighted by Crippen LogP contribution is -2.61. The molecule has 0 saturated carbocycles. The van der Waals surface area contributed by atoms with Crippen molar-refractivity contribution in [3.63, 3.8) is 0 Å². The first kappa shape index (κ1) is 36.2. The Labute approximate surface area is 279 Å². The van der Waals surface area contributed by atoms with Crippen LogP contribution in [-0.4, -0.2) is 79.6 Å². The number of aromatic nitrogens is 1. The zero-order valence-corrected chi connectivity index (χ0v) is 30.0. The van der Waals surface area contributed by atoms with E-state index in [2.05, 4.69) is 35.7 Å². The molecule has 1 aromatic heterocycles. The lowest BCUT2D eigenvalue weighted by molar-refractivity contribution is -0.157. The van der Waals surface area contributed by atoms with E-state index in [0.29, 0.717) is 37.2 Å². The van der Waals surface area contributed by atoms with Gasteiger partial charge in [-0.2, -0.15) is 0 Å². The van der Waals surface area contributed by atoms with Crippen LogP contribution in [0.2, 0.25) is 25.7 Å². The van der Waals surface area contributed by atoms with Gasteiger partial charge in [0.15, 0.2) is 0 Å². The molecule has 0 spiro atoms. The van der Waals surface area contributed by atoms with Crippen LogP contribution in [0.25, 0.3) is 17.0 Å². The Morgan fingerprint density at radius 1 is 1.09 bits per heavy atom. The monoisotopic (exact) mass is 665 g/mol. The van der Waals surface area contributed by atoms with E-state index in [0.717, 1.165) is 17.0 Å². The van der Waals surface area contributed by atoms with Crippen molar-refractivity contribution < 1.29 is 28.7 Å². The molecule has 256 valence electrons. The van der Waals surface area contributed by atoms with Gasteiger partial charge < -0.3 is 20.1 Å². The number of benzene rings is 1. The van der Waals surface area contributed by atoms with Gasteiger partial charge in [-0.15, -0.1) is 0 Å². The first-order chi connectivity index (χ1) is 22.1. The van der Waals surface area contributed by atoms with Crippen molar-refractivity contribution in [1.82, 2.24) is 26.1 Å². The van der Waals surface area contributed by atoms with Gasteiger partial charge in [0, 0.05) is 26.6 Å². The molecule has 2 aliphatic rings. The number of rotatable bonds is 6. The number of cyclic esters (lactones) is 1. The predicted molar refractivity (Wildman–Crippen MR) is 185 cm³/mol. The third-order valence-corrected chi connectivity index (χ3v) is 10.4. The highest BCUT2D eigenvalue weighted by Crippen LogP contribution is 2.26. The number of hydrogen-bond donors (Lipinski definition) is 3. The van der Waals surface area contributed by atoms with Gasteiger partial charge in [-0.05, 0) is 63.3 Å². The van der Waals surface area contributed by atoms with Crippen LogP contribution in [0.5, 0.6) is 0 Å². The van der Waals surface area contributed by atoms with E-state index in [1.807, 2.05) is 56.3 Å². The average molecular weight is 666 g/mol. The van der Waals surface area contributed by atoms with Crippen molar-refractivity contribution in [1.29, 1.82) is 0 Å². The predicted octanol–water partition coefficient (Wildman–Crippen LogP) is 4.37. The standard InChI is InChI=1S/C35H51N5O6Si/c1-22(2)30-31(41)36-23(3)32(42)40-17-9-10-28(39-40)33(43)46-24(4)27-14-13-26-12-11-25(20-29(26)37-27)15-16-35(5,34(44)38-30)21-45-18-19-47(6,7)8/h11-16,20,22-24,28,30,39H,9-10,17-19,21H2,1-8H3,(H,36,41)(H,38,44). The Hall–Kier alpha value is -3.61. The van der Waals surface area contributed by atoms with Gasteiger partial charge in [-0.3, -0.25) is 24.2 Å². The molecule has 3 amide bonds. The van der Waals surface area contributed by atoms with Crippen LogP contribution in [0.4, 0.5) is 0 Å². The maximum Gasteiger partial charge on any atom is 0.325 e. The fraction of sp³-hybridized carbons (Fsp3) is 0.571. The SMILES string of the molecule is CC1NC(=O)C(C(C)C)NC(=O)C(C)(COCC[Si](C)(C)C)C=Cc2ccc3ccc(nc3c2)C(C)OC(=O)C2CCCN(N2)C1=O. The molecular weight excluding hydrogens is 615 g/mol. The third-order valence-electron chi connectivity index (χ3n) is 8.71. The summed E-state index contributed by atoms with van der Waals surface area (Å²) in [5.74, 6) is -1.96. The molecule has 2 aromatic rings. The van der Waals surface area contributed by atoms with Crippen LogP contribution in [-0.2, 0) is 28.7 Å². The van der Waals surface area contributed by atoms with E-state index in [1.165, 1.54) is 5.01 Å². The number of nitrogens with zero attached hydrogens (tertiary/aromatic N) is 2. The van der Waals surface area contributed by atoms with Crippen LogP contribution >= 0.6 is 0 Å². The number of nitrogens with one attached hydrogen (secondary N) is 3. The van der Waals surface area contributed by atoms with Gasteiger partial charge in [0.05, 0.1) is 23.2 Å². The molecular formula is C35H51N5O6Si. The van der Waals surface area contributed by atoms with Crippen molar-refractivity contribution >= 4 is 48.7 Å². The van der Waals surface area contributed by atoms with Gasteiger partial charge in [0.25, 0.3) is 5.91 Å². The number of hydrogen-bond acceptors (Lipinski definition) is 8. The van der Waals surface area contributed by atoms with Crippen molar-refractivity contribution in [2.45, 2.75) is 97.4 Å². The van der Waals surface area contributed by atoms with Gasteiger partial charge in [0.1, 0.15) is 24.2 Å². The second-order valence-electron chi connectivity index (χ2n) is 14.6. The van der Waals surface area contributed by atoms with Crippen molar-refractivity contribution in [3.8, 4) is 0 Å². The van der Waals surface area contributed by atoms with Crippen molar-refractivity contribution in [3.05, 3.63) is 47.7 Å². The molecule has 0 radical (unpaired) electrons. The summed E-state index contributed by atoms with van der Waals surface area (Å²) in [4.78, 5) is 58.9. The van der Waals surface area contributed by atoms with Crippen LogP contribution in [0, 0.1) is 11.3 Å². The highest BCUT2D eigenvalue weighted by atomic mass is 28.3. The highest BCUT2D eigenvalue weighted by molar-refractivity contribution is 6.76. The fourth-order valence-corrected chi connectivity index (χ4v) is 6.24. The minimum Gasteiger partial charge on any atom is -0.455 e. The summed E-state index contributed by atoms with van der Waals surface area (Å²) in [7, 11) is -1.36. The summed E-state index contributed by atoms with van der Waals surface area (Å²) in [5.41, 5.74) is 4.03. The topological polar surface area (TPSA) is 139 Å². The van der Waals surface area contributed by atoms with Crippen LogP contribution < -0.4 is 16.1 Å². The fourth-order valence-electron chi connectivity index (χ4n) is 5.48. The quantitative estimate of drug-likeness (QED) is 0.235. The van der Waals surface area contributed by atoms with Crippen LogP contribution in [0.1, 0.15) is 64.8 Å². The number of esters is 1. The maximum atomic E-state index is 14.0.